The van der Waals surface area contributed by atoms with Gasteiger partial charge < -0.3 is 11.1 Å². The van der Waals surface area contributed by atoms with Gasteiger partial charge in [0.05, 0.1) is 0 Å². The van der Waals surface area contributed by atoms with Gasteiger partial charge in [0.25, 0.3) is 0 Å². The minimum Gasteiger partial charge on any atom is -0.355 e. The Bertz CT molecular complexity index is 237. The Morgan fingerprint density at radius 3 is 2.50 bits per heavy atom. The van der Waals surface area contributed by atoms with Crippen LogP contribution >= 0.6 is 0 Å². The van der Waals surface area contributed by atoms with Crippen LogP contribution in [0.15, 0.2) is 0 Å². The highest BCUT2D eigenvalue weighted by Crippen LogP contribution is 2.17. The summed E-state index contributed by atoms with van der Waals surface area (Å²) in [5.41, 5.74) is 5.42. The van der Waals surface area contributed by atoms with Crippen molar-refractivity contribution in [3.05, 3.63) is 0 Å². The van der Waals surface area contributed by atoms with Crippen molar-refractivity contribution in [3.8, 4) is 0 Å². The van der Waals surface area contributed by atoms with Crippen molar-refractivity contribution in [3.63, 3.8) is 0 Å². The number of hydrogen-bond acceptors (Lipinski definition) is 3. The zero-order valence-electron chi connectivity index (χ0n) is 12.0. The van der Waals surface area contributed by atoms with Crippen molar-refractivity contribution in [1.29, 1.82) is 0 Å². The summed E-state index contributed by atoms with van der Waals surface area (Å²) >= 11 is 0. The molecule has 1 aliphatic heterocycles. The second-order valence-electron chi connectivity index (χ2n) is 5.60. The Morgan fingerprint density at radius 2 is 1.94 bits per heavy atom. The molecule has 0 spiro atoms. The lowest BCUT2D eigenvalue weighted by atomic mass is 10.0. The summed E-state index contributed by atoms with van der Waals surface area (Å²) in [4.78, 5) is 14.2. The van der Waals surface area contributed by atoms with Crippen LogP contribution in [-0.4, -0.2) is 43.0 Å². The van der Waals surface area contributed by atoms with Crippen molar-refractivity contribution in [2.75, 3.05) is 26.2 Å². The van der Waals surface area contributed by atoms with E-state index in [0.29, 0.717) is 24.9 Å². The van der Waals surface area contributed by atoms with Crippen LogP contribution < -0.4 is 11.1 Å². The molecule has 1 rings (SSSR count). The summed E-state index contributed by atoms with van der Waals surface area (Å²) in [7, 11) is 0. The van der Waals surface area contributed by atoms with Gasteiger partial charge >= 0.3 is 0 Å². The molecule has 0 aromatic heterocycles. The number of nitrogens with one attached hydrogen (secondary N) is 1. The van der Waals surface area contributed by atoms with E-state index in [1.807, 2.05) is 0 Å². The summed E-state index contributed by atoms with van der Waals surface area (Å²) in [6, 6.07) is 0.492. The maximum absolute atomic E-state index is 11.7. The Hall–Kier alpha value is -0.610. The third kappa shape index (κ3) is 5.36. The minimum absolute atomic E-state index is 0.174. The lowest BCUT2D eigenvalue weighted by Gasteiger charge is -2.31. The highest BCUT2D eigenvalue weighted by Gasteiger charge is 2.24. The number of nitrogens with two attached hydrogens (primary N) is 1. The third-order valence-corrected chi connectivity index (χ3v) is 3.75. The third-order valence-electron chi connectivity index (χ3n) is 3.75. The molecule has 0 aromatic rings. The molecule has 4 heteroatoms. The van der Waals surface area contributed by atoms with E-state index in [4.69, 9.17) is 5.73 Å². The Kier molecular flexibility index (Phi) is 7.28. The Labute approximate surface area is 111 Å². The molecule has 0 aliphatic carbocycles. The monoisotopic (exact) mass is 255 g/mol. The molecule has 1 heterocycles. The summed E-state index contributed by atoms with van der Waals surface area (Å²) in [6.45, 7) is 8.32. The fraction of sp³-hybridized carbons (Fsp3) is 0.929. The fourth-order valence-corrected chi connectivity index (χ4v) is 2.60. The second kappa shape index (κ2) is 8.48. The number of likely N-dealkylation sites (tertiary alicyclic amines) is 1. The van der Waals surface area contributed by atoms with Crippen molar-refractivity contribution in [2.24, 2.45) is 11.7 Å². The number of hydrogen-bond donors (Lipinski definition) is 2. The van der Waals surface area contributed by atoms with Crippen LogP contribution in [0.5, 0.6) is 0 Å². The number of carbonyl (C=O) groups is 1. The summed E-state index contributed by atoms with van der Waals surface area (Å²) in [5.74, 6) is 0.765. The summed E-state index contributed by atoms with van der Waals surface area (Å²) in [6.07, 6.45) is 5.05. The van der Waals surface area contributed by atoms with Crippen molar-refractivity contribution in [2.45, 2.75) is 52.0 Å². The van der Waals surface area contributed by atoms with Gasteiger partial charge in [0.2, 0.25) is 5.91 Å². The van der Waals surface area contributed by atoms with Gasteiger partial charge in [-0.05, 0) is 51.2 Å². The van der Waals surface area contributed by atoms with Crippen LogP contribution in [0, 0.1) is 5.92 Å². The minimum atomic E-state index is 0.174. The van der Waals surface area contributed by atoms with Crippen LogP contribution in [0.4, 0.5) is 0 Å². The van der Waals surface area contributed by atoms with Crippen LogP contribution in [0.25, 0.3) is 0 Å². The number of carbonyl (C=O) groups excluding carboxylic acids is 1. The smallest absolute Gasteiger partial charge is 0.220 e. The molecule has 1 atom stereocenters. The molecule has 18 heavy (non-hydrogen) atoms. The van der Waals surface area contributed by atoms with Gasteiger partial charge in [0.15, 0.2) is 0 Å². The van der Waals surface area contributed by atoms with E-state index in [1.165, 1.54) is 25.9 Å². The van der Waals surface area contributed by atoms with Crippen molar-refractivity contribution < 1.29 is 4.79 Å². The zero-order chi connectivity index (χ0) is 13.4. The first kappa shape index (κ1) is 15.4. The molecule has 4 nitrogen and oxygen atoms in total. The molecule has 1 saturated heterocycles. The molecular formula is C14H29N3O. The molecule has 0 radical (unpaired) electrons. The van der Waals surface area contributed by atoms with Gasteiger partial charge in [-0.1, -0.05) is 13.8 Å². The molecule has 0 bridgehead atoms. The van der Waals surface area contributed by atoms with Crippen molar-refractivity contribution in [1.82, 2.24) is 10.2 Å². The van der Waals surface area contributed by atoms with E-state index in [9.17, 15) is 4.79 Å². The maximum Gasteiger partial charge on any atom is 0.220 e. The van der Waals surface area contributed by atoms with Gasteiger partial charge in [-0.3, -0.25) is 9.69 Å². The molecular weight excluding hydrogens is 226 g/mol. The summed E-state index contributed by atoms with van der Waals surface area (Å²) in [5, 5.41) is 3.08. The number of amides is 1. The first-order chi connectivity index (χ1) is 8.65. The SMILES string of the molecule is CC(C)C(CNC(=O)CCCCN)N1CCCC1. The van der Waals surface area contributed by atoms with Crippen LogP contribution in [-0.2, 0) is 4.79 Å². The maximum atomic E-state index is 11.7. The van der Waals surface area contributed by atoms with Crippen LogP contribution in [0.1, 0.15) is 46.0 Å². The van der Waals surface area contributed by atoms with E-state index >= 15 is 0 Å². The lowest BCUT2D eigenvalue weighted by molar-refractivity contribution is -0.121. The zero-order valence-corrected chi connectivity index (χ0v) is 12.0. The van der Waals surface area contributed by atoms with E-state index in [2.05, 4.69) is 24.1 Å². The molecule has 1 fully saturated rings. The lowest BCUT2D eigenvalue weighted by Crippen LogP contribution is -2.45. The van der Waals surface area contributed by atoms with Gasteiger partial charge in [-0.25, -0.2) is 0 Å². The van der Waals surface area contributed by atoms with Crippen LogP contribution in [0.2, 0.25) is 0 Å². The molecule has 1 aliphatic rings. The molecule has 0 aromatic carbocycles. The highest BCUT2D eigenvalue weighted by atomic mass is 16.1. The number of nitrogens with zero attached hydrogens (tertiary/aromatic N) is 1. The van der Waals surface area contributed by atoms with Crippen molar-refractivity contribution >= 4 is 5.91 Å². The van der Waals surface area contributed by atoms with Crippen LogP contribution in [0.3, 0.4) is 0 Å². The summed E-state index contributed by atoms with van der Waals surface area (Å²) < 4.78 is 0. The van der Waals surface area contributed by atoms with E-state index in [1.54, 1.807) is 0 Å². The van der Waals surface area contributed by atoms with E-state index in [-0.39, 0.29) is 5.91 Å². The van der Waals surface area contributed by atoms with Gasteiger partial charge in [-0.15, -0.1) is 0 Å². The quantitative estimate of drug-likeness (QED) is 0.644. The average Bonchev–Trinajstić information content (AvgIpc) is 2.83. The predicted molar refractivity (Wildman–Crippen MR) is 75.3 cm³/mol. The van der Waals surface area contributed by atoms with Gasteiger partial charge in [-0.2, -0.15) is 0 Å². The molecule has 106 valence electrons. The Morgan fingerprint density at radius 1 is 1.28 bits per heavy atom. The number of unbranched alkanes of at least 4 members (excludes halogenated alkanes) is 1. The number of rotatable bonds is 8. The van der Waals surface area contributed by atoms with E-state index < -0.39 is 0 Å². The topological polar surface area (TPSA) is 58.4 Å². The molecule has 3 N–H and O–H groups in total. The standard InChI is InChI=1S/C14H29N3O/c1-12(2)13(17-9-5-6-10-17)11-16-14(18)7-3-4-8-15/h12-13H,3-11,15H2,1-2H3,(H,16,18). The van der Waals surface area contributed by atoms with E-state index in [0.717, 1.165) is 19.4 Å². The van der Waals surface area contributed by atoms with Gasteiger partial charge in [0, 0.05) is 19.0 Å². The predicted octanol–water partition coefficient (Wildman–Crippen LogP) is 1.35. The largest absolute Gasteiger partial charge is 0.355 e. The average molecular weight is 255 g/mol. The fourth-order valence-electron chi connectivity index (χ4n) is 2.60. The first-order valence-electron chi connectivity index (χ1n) is 7.36. The highest BCUT2D eigenvalue weighted by molar-refractivity contribution is 5.75. The Balaban J connectivity index is 2.26. The molecule has 1 unspecified atom stereocenters. The second-order valence-corrected chi connectivity index (χ2v) is 5.60. The normalized spacial score (nSPS) is 18.2. The first-order valence-corrected chi connectivity index (χ1v) is 7.36. The molecule has 1 amide bonds. The molecule has 0 saturated carbocycles. The van der Waals surface area contributed by atoms with Gasteiger partial charge in [0.1, 0.15) is 0 Å².